The Bertz CT molecular complexity index is 236. The van der Waals surface area contributed by atoms with Gasteiger partial charge in [-0.15, -0.1) is 0 Å². The normalized spacial score (nSPS) is 24.1. The third-order valence-corrected chi connectivity index (χ3v) is 2.20. The first-order chi connectivity index (χ1) is 6.20. The van der Waals surface area contributed by atoms with Crippen molar-refractivity contribution in [2.24, 2.45) is 5.73 Å². The van der Waals surface area contributed by atoms with Crippen LogP contribution in [0.5, 0.6) is 0 Å². The summed E-state index contributed by atoms with van der Waals surface area (Å²) in [7, 11) is 0. The van der Waals surface area contributed by atoms with Gasteiger partial charge in [0.2, 0.25) is 5.91 Å². The second-order valence-corrected chi connectivity index (χ2v) is 3.11. The monoisotopic (exact) mass is 183 g/mol. The fraction of sp³-hybridized carbons (Fsp3) is 0.750. The van der Waals surface area contributed by atoms with E-state index in [0.29, 0.717) is 13.0 Å². The van der Waals surface area contributed by atoms with Crippen LogP contribution in [0.2, 0.25) is 0 Å². The molecule has 0 saturated carbocycles. The molecule has 5 nitrogen and oxygen atoms in total. The molecule has 2 atom stereocenters. The van der Waals surface area contributed by atoms with Crippen LogP contribution in [-0.2, 0) is 4.79 Å². The predicted octanol–water partition coefficient (Wildman–Crippen LogP) is -1.18. The third-order valence-electron chi connectivity index (χ3n) is 2.20. The fourth-order valence-electron chi connectivity index (χ4n) is 1.46. The van der Waals surface area contributed by atoms with Crippen molar-refractivity contribution in [3.8, 4) is 6.07 Å². The summed E-state index contributed by atoms with van der Waals surface area (Å²) in [6.07, 6.45) is 1.54. The van der Waals surface area contributed by atoms with Crippen LogP contribution < -0.4 is 5.73 Å². The van der Waals surface area contributed by atoms with Gasteiger partial charge in [0.15, 0.2) is 0 Å². The molecule has 1 heterocycles. The Kier molecular flexibility index (Phi) is 3.23. The van der Waals surface area contributed by atoms with Crippen LogP contribution in [0.1, 0.15) is 12.8 Å². The van der Waals surface area contributed by atoms with Crippen molar-refractivity contribution in [1.82, 2.24) is 4.90 Å². The lowest BCUT2D eigenvalue weighted by Gasteiger charge is -2.22. The van der Waals surface area contributed by atoms with Gasteiger partial charge in [-0.3, -0.25) is 4.79 Å². The molecule has 0 radical (unpaired) electrons. The van der Waals surface area contributed by atoms with Crippen LogP contribution in [0.25, 0.3) is 0 Å². The van der Waals surface area contributed by atoms with E-state index in [0.717, 1.165) is 6.42 Å². The first-order valence-electron chi connectivity index (χ1n) is 4.27. The van der Waals surface area contributed by atoms with Gasteiger partial charge in [0.1, 0.15) is 12.1 Å². The average molecular weight is 183 g/mol. The zero-order valence-electron chi connectivity index (χ0n) is 7.31. The van der Waals surface area contributed by atoms with Crippen LogP contribution in [-0.4, -0.2) is 41.1 Å². The van der Waals surface area contributed by atoms with Crippen LogP contribution in [0.15, 0.2) is 0 Å². The summed E-state index contributed by atoms with van der Waals surface area (Å²) in [5, 5.41) is 17.4. The van der Waals surface area contributed by atoms with Crippen molar-refractivity contribution in [3.63, 3.8) is 0 Å². The summed E-state index contributed by atoms with van der Waals surface area (Å²) < 4.78 is 0. The molecule has 5 heteroatoms. The molecule has 13 heavy (non-hydrogen) atoms. The fourth-order valence-corrected chi connectivity index (χ4v) is 1.46. The lowest BCUT2D eigenvalue weighted by molar-refractivity contribution is -0.133. The quantitative estimate of drug-likeness (QED) is 0.564. The van der Waals surface area contributed by atoms with Gasteiger partial charge < -0.3 is 15.7 Å². The Morgan fingerprint density at radius 1 is 1.85 bits per heavy atom. The second-order valence-electron chi connectivity index (χ2n) is 3.11. The third kappa shape index (κ3) is 1.97. The number of nitrogens with two attached hydrogens (primary N) is 1. The first kappa shape index (κ1) is 9.96. The van der Waals surface area contributed by atoms with Crippen LogP contribution in [0, 0.1) is 11.3 Å². The largest absolute Gasteiger partial charge is 0.394 e. The molecule has 1 amide bonds. The molecule has 0 aliphatic carbocycles. The zero-order chi connectivity index (χ0) is 9.84. The van der Waals surface area contributed by atoms with E-state index in [1.165, 1.54) is 4.90 Å². The molecular formula is C8H13N3O2. The molecule has 1 fully saturated rings. The summed E-state index contributed by atoms with van der Waals surface area (Å²) in [5.41, 5.74) is 5.36. The number of rotatable bonds is 2. The summed E-state index contributed by atoms with van der Waals surface area (Å²) in [4.78, 5) is 12.9. The number of amides is 1. The Hall–Kier alpha value is -1.12. The highest BCUT2D eigenvalue weighted by Gasteiger charge is 2.31. The molecule has 3 N–H and O–H groups in total. The van der Waals surface area contributed by atoms with Crippen molar-refractivity contribution in [1.29, 1.82) is 5.26 Å². The van der Waals surface area contributed by atoms with Crippen molar-refractivity contribution in [2.75, 3.05) is 13.2 Å². The van der Waals surface area contributed by atoms with E-state index in [9.17, 15) is 4.79 Å². The standard InChI is InChI=1S/C8H13N3O2/c9-4-6-2-1-3-11(6)8(13)7(10)5-12/h6-7,12H,1-3,5,10H2/t6-,7-/m0/s1. The minimum atomic E-state index is -0.881. The zero-order valence-corrected chi connectivity index (χ0v) is 7.31. The maximum Gasteiger partial charge on any atom is 0.242 e. The van der Waals surface area contributed by atoms with E-state index in [1.54, 1.807) is 0 Å². The molecule has 1 rings (SSSR count). The molecule has 0 spiro atoms. The number of aliphatic hydroxyl groups is 1. The van der Waals surface area contributed by atoms with E-state index in [4.69, 9.17) is 16.1 Å². The Morgan fingerprint density at radius 3 is 3.08 bits per heavy atom. The molecule has 1 aliphatic heterocycles. The van der Waals surface area contributed by atoms with Crippen LogP contribution in [0.4, 0.5) is 0 Å². The van der Waals surface area contributed by atoms with Gasteiger partial charge in [-0.05, 0) is 12.8 Å². The number of hydrogen-bond donors (Lipinski definition) is 2. The van der Waals surface area contributed by atoms with E-state index >= 15 is 0 Å². The Labute approximate surface area is 76.7 Å². The maximum absolute atomic E-state index is 11.4. The number of carbonyl (C=O) groups is 1. The highest BCUT2D eigenvalue weighted by Crippen LogP contribution is 2.16. The molecule has 0 unspecified atom stereocenters. The van der Waals surface area contributed by atoms with E-state index in [-0.39, 0.29) is 18.6 Å². The van der Waals surface area contributed by atoms with Crippen molar-refractivity contribution < 1.29 is 9.90 Å². The van der Waals surface area contributed by atoms with Gasteiger partial charge in [0.05, 0.1) is 12.7 Å². The minimum Gasteiger partial charge on any atom is -0.394 e. The van der Waals surface area contributed by atoms with Gasteiger partial charge in [0.25, 0.3) is 0 Å². The van der Waals surface area contributed by atoms with Crippen molar-refractivity contribution in [2.45, 2.75) is 24.9 Å². The summed E-state index contributed by atoms with van der Waals surface area (Å²) >= 11 is 0. The van der Waals surface area contributed by atoms with Crippen LogP contribution >= 0.6 is 0 Å². The number of carbonyl (C=O) groups excluding carboxylic acids is 1. The molecule has 0 aromatic rings. The van der Waals surface area contributed by atoms with Gasteiger partial charge in [-0.25, -0.2) is 0 Å². The summed E-state index contributed by atoms with van der Waals surface area (Å²) in [6, 6.07) is 0.805. The molecule has 1 aliphatic rings. The van der Waals surface area contributed by atoms with Gasteiger partial charge in [-0.2, -0.15) is 5.26 Å². The van der Waals surface area contributed by atoms with Crippen molar-refractivity contribution >= 4 is 5.91 Å². The average Bonchev–Trinajstić information content (AvgIpc) is 2.62. The molecule has 72 valence electrons. The highest BCUT2D eigenvalue weighted by molar-refractivity contribution is 5.82. The van der Waals surface area contributed by atoms with Crippen LogP contribution in [0.3, 0.4) is 0 Å². The smallest absolute Gasteiger partial charge is 0.242 e. The molecule has 0 aromatic carbocycles. The Morgan fingerprint density at radius 2 is 2.54 bits per heavy atom. The number of aliphatic hydroxyl groups excluding tert-OH is 1. The number of hydrogen-bond acceptors (Lipinski definition) is 4. The summed E-state index contributed by atoms with van der Waals surface area (Å²) in [6.45, 7) is 0.207. The molecule has 0 aromatic heterocycles. The Balaban J connectivity index is 2.61. The van der Waals surface area contributed by atoms with E-state index in [2.05, 4.69) is 0 Å². The van der Waals surface area contributed by atoms with Gasteiger partial charge >= 0.3 is 0 Å². The maximum atomic E-state index is 11.4. The van der Waals surface area contributed by atoms with E-state index < -0.39 is 6.04 Å². The molecular weight excluding hydrogens is 170 g/mol. The second kappa shape index (κ2) is 4.21. The highest BCUT2D eigenvalue weighted by atomic mass is 16.3. The lowest BCUT2D eigenvalue weighted by atomic mass is 10.2. The lowest BCUT2D eigenvalue weighted by Crippen LogP contribution is -2.47. The van der Waals surface area contributed by atoms with Gasteiger partial charge in [-0.1, -0.05) is 0 Å². The number of nitrogens with zero attached hydrogens (tertiary/aromatic N) is 2. The summed E-state index contributed by atoms with van der Waals surface area (Å²) in [5.74, 6) is -0.327. The SMILES string of the molecule is N#C[C@@H]1CCCN1C(=O)[C@@H](N)CO. The topological polar surface area (TPSA) is 90.4 Å². The predicted molar refractivity (Wildman–Crippen MR) is 45.4 cm³/mol. The first-order valence-corrected chi connectivity index (χ1v) is 4.27. The van der Waals surface area contributed by atoms with Gasteiger partial charge in [0, 0.05) is 6.54 Å². The number of nitriles is 1. The molecule has 1 saturated heterocycles. The van der Waals surface area contributed by atoms with E-state index in [1.807, 2.05) is 6.07 Å². The minimum absolute atomic E-state index is 0.327. The molecule has 0 bridgehead atoms. The van der Waals surface area contributed by atoms with Crippen molar-refractivity contribution in [3.05, 3.63) is 0 Å². The number of likely N-dealkylation sites (tertiary alicyclic amines) is 1.